The van der Waals surface area contributed by atoms with Crippen LogP contribution >= 0.6 is 0 Å². The van der Waals surface area contributed by atoms with E-state index in [4.69, 9.17) is 4.74 Å². The van der Waals surface area contributed by atoms with Crippen molar-refractivity contribution in [2.75, 3.05) is 5.32 Å². The van der Waals surface area contributed by atoms with E-state index in [1.165, 1.54) is 30.3 Å². The largest absolute Gasteiger partial charge is 0.489 e. The summed E-state index contributed by atoms with van der Waals surface area (Å²) in [6, 6.07) is 9.19. The summed E-state index contributed by atoms with van der Waals surface area (Å²) in [4.78, 5) is 11.9. The first-order valence-corrected chi connectivity index (χ1v) is 7.19. The van der Waals surface area contributed by atoms with Gasteiger partial charge >= 0.3 is 6.03 Å². The molecule has 0 fully saturated rings. The predicted molar refractivity (Wildman–Crippen MR) is 84.4 cm³/mol. The van der Waals surface area contributed by atoms with Crippen LogP contribution in [0.4, 0.5) is 19.3 Å². The Morgan fingerprint density at radius 1 is 1.09 bits per heavy atom. The van der Waals surface area contributed by atoms with Crippen LogP contribution in [-0.2, 0) is 6.54 Å². The van der Waals surface area contributed by atoms with Crippen molar-refractivity contribution in [2.45, 2.75) is 26.5 Å². The number of hydrogen-bond acceptors (Lipinski definition) is 2. The number of carbonyl (C=O) groups is 1. The van der Waals surface area contributed by atoms with Gasteiger partial charge in [0.25, 0.3) is 0 Å². The summed E-state index contributed by atoms with van der Waals surface area (Å²) in [6.07, 6.45) is -0.108. The van der Waals surface area contributed by atoms with Gasteiger partial charge in [-0.25, -0.2) is 13.6 Å². The second kappa shape index (κ2) is 7.58. The van der Waals surface area contributed by atoms with Crippen LogP contribution in [0.3, 0.4) is 0 Å². The Bertz CT molecular complexity index is 673. The minimum absolute atomic E-state index is 0.108. The van der Waals surface area contributed by atoms with Gasteiger partial charge in [-0.15, -0.1) is 0 Å². The second-order valence-corrected chi connectivity index (χ2v) is 5.24. The first-order valence-electron chi connectivity index (χ1n) is 7.19. The molecular formula is C17H18F2N2O2. The van der Waals surface area contributed by atoms with Crippen LogP contribution in [-0.4, -0.2) is 12.1 Å². The summed E-state index contributed by atoms with van der Waals surface area (Å²) >= 11 is 0. The third-order valence-corrected chi connectivity index (χ3v) is 2.92. The first kappa shape index (κ1) is 16.7. The molecule has 2 aromatic rings. The molecule has 2 N–H and O–H groups in total. The SMILES string of the molecule is CC(C)Oc1ccc(F)cc1NC(=O)NCc1ccc(F)cc1. The van der Waals surface area contributed by atoms with E-state index in [-0.39, 0.29) is 24.2 Å². The molecule has 0 radical (unpaired) electrons. The smallest absolute Gasteiger partial charge is 0.319 e. The molecular weight excluding hydrogens is 302 g/mol. The number of benzene rings is 2. The van der Waals surface area contributed by atoms with Crippen LogP contribution in [0.1, 0.15) is 19.4 Å². The average molecular weight is 320 g/mol. The molecule has 0 saturated heterocycles. The molecule has 0 spiro atoms. The van der Waals surface area contributed by atoms with Gasteiger partial charge in [-0.3, -0.25) is 0 Å². The number of halogens is 2. The minimum atomic E-state index is -0.506. The highest BCUT2D eigenvalue weighted by Crippen LogP contribution is 2.26. The lowest BCUT2D eigenvalue weighted by Crippen LogP contribution is -2.28. The Kier molecular flexibility index (Phi) is 5.51. The maximum atomic E-state index is 13.4. The maximum Gasteiger partial charge on any atom is 0.319 e. The van der Waals surface area contributed by atoms with Crippen molar-refractivity contribution in [3.63, 3.8) is 0 Å². The number of ether oxygens (including phenoxy) is 1. The van der Waals surface area contributed by atoms with Crippen LogP contribution in [0.2, 0.25) is 0 Å². The molecule has 4 nitrogen and oxygen atoms in total. The molecule has 0 aliphatic heterocycles. The number of nitrogens with one attached hydrogen (secondary N) is 2. The van der Waals surface area contributed by atoms with Crippen molar-refractivity contribution in [1.82, 2.24) is 5.32 Å². The highest BCUT2D eigenvalue weighted by molar-refractivity contribution is 5.90. The standard InChI is InChI=1S/C17H18F2N2O2/c1-11(2)23-16-8-7-14(19)9-15(16)21-17(22)20-10-12-3-5-13(18)6-4-12/h3-9,11H,10H2,1-2H3,(H2,20,21,22). The lowest BCUT2D eigenvalue weighted by Gasteiger charge is -2.15. The molecule has 0 heterocycles. The van der Waals surface area contributed by atoms with E-state index in [1.54, 1.807) is 12.1 Å². The highest BCUT2D eigenvalue weighted by Gasteiger charge is 2.10. The zero-order valence-corrected chi connectivity index (χ0v) is 12.9. The monoisotopic (exact) mass is 320 g/mol. The lowest BCUT2D eigenvalue weighted by molar-refractivity contribution is 0.241. The molecule has 0 aliphatic carbocycles. The molecule has 0 saturated carbocycles. The van der Waals surface area contributed by atoms with Crippen LogP contribution in [0.5, 0.6) is 5.75 Å². The van der Waals surface area contributed by atoms with Crippen LogP contribution in [0, 0.1) is 11.6 Å². The third-order valence-electron chi connectivity index (χ3n) is 2.92. The van der Waals surface area contributed by atoms with E-state index >= 15 is 0 Å². The van der Waals surface area contributed by atoms with E-state index in [0.29, 0.717) is 5.75 Å². The Balaban J connectivity index is 1.99. The van der Waals surface area contributed by atoms with Gasteiger partial charge in [0, 0.05) is 12.6 Å². The van der Waals surface area contributed by atoms with Crippen LogP contribution < -0.4 is 15.4 Å². The molecule has 0 aromatic heterocycles. The van der Waals surface area contributed by atoms with E-state index in [0.717, 1.165) is 5.56 Å². The van der Waals surface area contributed by atoms with Gasteiger partial charge in [0.2, 0.25) is 0 Å². The summed E-state index contributed by atoms with van der Waals surface area (Å²) < 4.78 is 31.7. The quantitative estimate of drug-likeness (QED) is 0.872. The molecule has 0 aliphatic rings. The van der Waals surface area contributed by atoms with Gasteiger partial charge in [0.15, 0.2) is 0 Å². The van der Waals surface area contributed by atoms with Gasteiger partial charge in [0.1, 0.15) is 17.4 Å². The zero-order chi connectivity index (χ0) is 16.8. The van der Waals surface area contributed by atoms with Crippen molar-refractivity contribution in [3.8, 4) is 5.75 Å². The number of urea groups is 1. The Labute approximate surface area is 133 Å². The van der Waals surface area contributed by atoms with E-state index < -0.39 is 11.8 Å². The fourth-order valence-corrected chi connectivity index (χ4v) is 1.91. The van der Waals surface area contributed by atoms with Crippen molar-refractivity contribution in [2.24, 2.45) is 0 Å². The highest BCUT2D eigenvalue weighted by atomic mass is 19.1. The fraction of sp³-hybridized carbons (Fsp3) is 0.235. The van der Waals surface area contributed by atoms with Crippen molar-refractivity contribution < 1.29 is 18.3 Å². The molecule has 0 atom stereocenters. The molecule has 0 unspecified atom stereocenters. The van der Waals surface area contributed by atoms with Crippen molar-refractivity contribution in [3.05, 3.63) is 59.7 Å². The molecule has 2 aromatic carbocycles. The topological polar surface area (TPSA) is 50.4 Å². The van der Waals surface area contributed by atoms with Crippen LogP contribution in [0.15, 0.2) is 42.5 Å². The van der Waals surface area contributed by atoms with E-state index in [9.17, 15) is 13.6 Å². The van der Waals surface area contributed by atoms with E-state index in [2.05, 4.69) is 10.6 Å². The number of rotatable bonds is 5. The summed E-state index contributed by atoms with van der Waals surface area (Å²) in [5.74, 6) is -0.429. The Hall–Kier alpha value is -2.63. The molecule has 0 bridgehead atoms. The predicted octanol–water partition coefficient (Wildman–Crippen LogP) is 4.07. The average Bonchev–Trinajstić information content (AvgIpc) is 2.49. The van der Waals surface area contributed by atoms with Gasteiger partial charge in [0.05, 0.1) is 11.8 Å². The second-order valence-electron chi connectivity index (χ2n) is 5.24. The molecule has 23 heavy (non-hydrogen) atoms. The van der Waals surface area contributed by atoms with Crippen molar-refractivity contribution in [1.29, 1.82) is 0 Å². The summed E-state index contributed by atoms with van der Waals surface area (Å²) in [7, 11) is 0. The fourth-order valence-electron chi connectivity index (χ4n) is 1.91. The van der Waals surface area contributed by atoms with Gasteiger partial charge in [-0.1, -0.05) is 12.1 Å². The number of hydrogen-bond donors (Lipinski definition) is 2. The van der Waals surface area contributed by atoms with Gasteiger partial charge < -0.3 is 15.4 Å². The molecule has 2 amide bonds. The van der Waals surface area contributed by atoms with Gasteiger partial charge in [-0.2, -0.15) is 0 Å². The number of amides is 2. The molecule has 6 heteroatoms. The number of carbonyl (C=O) groups excluding carboxylic acids is 1. The van der Waals surface area contributed by atoms with Crippen molar-refractivity contribution >= 4 is 11.7 Å². The molecule has 2 rings (SSSR count). The first-order chi connectivity index (χ1) is 10.9. The normalized spacial score (nSPS) is 10.5. The van der Waals surface area contributed by atoms with Gasteiger partial charge in [-0.05, 0) is 43.7 Å². The Morgan fingerprint density at radius 2 is 1.74 bits per heavy atom. The zero-order valence-electron chi connectivity index (χ0n) is 12.9. The minimum Gasteiger partial charge on any atom is -0.489 e. The summed E-state index contributed by atoms with van der Waals surface area (Å²) in [6.45, 7) is 3.89. The third kappa shape index (κ3) is 5.25. The van der Waals surface area contributed by atoms with Crippen LogP contribution in [0.25, 0.3) is 0 Å². The number of anilines is 1. The molecule has 122 valence electrons. The lowest BCUT2D eigenvalue weighted by atomic mass is 10.2. The summed E-state index contributed by atoms with van der Waals surface area (Å²) in [5.41, 5.74) is 0.995. The summed E-state index contributed by atoms with van der Waals surface area (Å²) in [5, 5.41) is 5.17. The van der Waals surface area contributed by atoms with E-state index in [1.807, 2.05) is 13.8 Å². The maximum absolute atomic E-state index is 13.4. The Morgan fingerprint density at radius 3 is 2.39 bits per heavy atom.